The molecule has 3 aromatic carbocycles. The summed E-state index contributed by atoms with van der Waals surface area (Å²) in [6.45, 7) is 0. The Balaban J connectivity index is 1.50. The summed E-state index contributed by atoms with van der Waals surface area (Å²) in [6.07, 6.45) is 2.05. The Morgan fingerprint density at radius 2 is 1.62 bits per heavy atom. The van der Waals surface area contributed by atoms with Crippen molar-refractivity contribution in [3.05, 3.63) is 106 Å². The number of carbonyl (C=O) groups is 1. The van der Waals surface area contributed by atoms with Crippen LogP contribution in [0.15, 0.2) is 78.9 Å². The van der Waals surface area contributed by atoms with Crippen molar-refractivity contribution in [2.75, 3.05) is 17.7 Å². The number of allylic oxidation sites excluding steroid dienone is 1. The van der Waals surface area contributed by atoms with Gasteiger partial charge >= 0.3 is 0 Å². The molecule has 170 valence electrons. The third kappa shape index (κ3) is 4.48. The molecule has 7 nitrogen and oxygen atoms in total. The van der Waals surface area contributed by atoms with Crippen LogP contribution in [0.4, 0.5) is 11.9 Å². The average molecular weight is 492 g/mol. The average Bonchev–Trinajstić information content (AvgIpc) is 3.26. The van der Waals surface area contributed by atoms with Crippen LogP contribution < -0.4 is 15.4 Å². The van der Waals surface area contributed by atoms with Crippen LogP contribution in [0.1, 0.15) is 27.5 Å². The summed E-state index contributed by atoms with van der Waals surface area (Å²) >= 11 is 12.0. The van der Waals surface area contributed by atoms with Crippen molar-refractivity contribution in [3.8, 4) is 5.75 Å². The van der Waals surface area contributed by atoms with Gasteiger partial charge < -0.3 is 10.1 Å². The molecule has 0 saturated carbocycles. The molecule has 4 aromatic rings. The molecule has 34 heavy (non-hydrogen) atoms. The van der Waals surface area contributed by atoms with Gasteiger partial charge in [-0.15, -0.1) is 5.10 Å². The Kier molecular flexibility index (Phi) is 5.96. The number of fused-ring (bicyclic) bond motifs is 1. The van der Waals surface area contributed by atoms with E-state index in [-0.39, 0.29) is 17.9 Å². The molecular weight excluding hydrogens is 473 g/mol. The molecule has 1 aliphatic heterocycles. The minimum Gasteiger partial charge on any atom is -0.497 e. The summed E-state index contributed by atoms with van der Waals surface area (Å²) in [5, 5.41) is 11.8. The van der Waals surface area contributed by atoms with Gasteiger partial charge in [-0.3, -0.25) is 10.1 Å². The number of hydrogen-bond donors (Lipinski definition) is 2. The summed E-state index contributed by atoms with van der Waals surface area (Å²) in [4.78, 5) is 17.2. The predicted octanol–water partition coefficient (Wildman–Crippen LogP) is 5.90. The second kappa shape index (κ2) is 9.21. The van der Waals surface area contributed by atoms with E-state index < -0.39 is 0 Å². The lowest BCUT2D eigenvalue weighted by Crippen LogP contribution is -2.20. The van der Waals surface area contributed by atoms with Gasteiger partial charge in [0, 0.05) is 21.3 Å². The lowest BCUT2D eigenvalue weighted by Gasteiger charge is -2.24. The molecule has 1 amide bonds. The number of nitrogens with zero attached hydrogens (tertiary/aromatic N) is 3. The first-order valence-electron chi connectivity index (χ1n) is 10.4. The first-order valence-corrected chi connectivity index (χ1v) is 11.2. The maximum atomic E-state index is 12.7. The molecule has 0 bridgehead atoms. The summed E-state index contributed by atoms with van der Waals surface area (Å²) < 4.78 is 7.03. The first kappa shape index (κ1) is 22.0. The van der Waals surface area contributed by atoms with Crippen LogP contribution in [0.2, 0.25) is 10.0 Å². The lowest BCUT2D eigenvalue weighted by atomic mass is 10.0. The van der Waals surface area contributed by atoms with Gasteiger partial charge in [0.1, 0.15) is 11.8 Å². The SMILES string of the molecule is COc1ccc([C@@H]2C=C(c3ccc(Cl)cc3)Nc3nc(NC(=O)c4ccc(Cl)cc4)nn32)cc1. The fourth-order valence-corrected chi connectivity index (χ4v) is 3.91. The van der Waals surface area contributed by atoms with Crippen molar-refractivity contribution in [1.29, 1.82) is 0 Å². The molecule has 0 saturated heterocycles. The molecule has 0 unspecified atom stereocenters. The van der Waals surface area contributed by atoms with Gasteiger partial charge in [0.25, 0.3) is 11.9 Å². The van der Waals surface area contributed by atoms with E-state index in [2.05, 4.69) is 26.8 Å². The lowest BCUT2D eigenvalue weighted by molar-refractivity contribution is 0.102. The number of nitrogens with one attached hydrogen (secondary N) is 2. The Bertz CT molecular complexity index is 1360. The molecule has 1 aromatic heterocycles. The maximum absolute atomic E-state index is 12.7. The summed E-state index contributed by atoms with van der Waals surface area (Å²) in [5.74, 6) is 1.12. The highest BCUT2D eigenvalue weighted by Gasteiger charge is 2.26. The minimum absolute atomic E-state index is 0.187. The standard InChI is InChI=1S/C25H19Cl2N5O2/c1-34-20-12-6-16(7-13-20)22-14-21(15-2-8-18(26)9-3-15)28-25-30-24(31-32(22)25)29-23(33)17-4-10-19(27)11-5-17/h2-14,22H,1H3,(H2,28,29,30,31,33)/t22-/m0/s1. The van der Waals surface area contributed by atoms with Crippen molar-refractivity contribution in [1.82, 2.24) is 14.8 Å². The van der Waals surface area contributed by atoms with Crippen LogP contribution in [-0.4, -0.2) is 27.8 Å². The quantitative estimate of drug-likeness (QED) is 0.363. The molecule has 2 N–H and O–H groups in total. The summed E-state index contributed by atoms with van der Waals surface area (Å²) in [5.41, 5.74) is 3.24. The van der Waals surface area contributed by atoms with Gasteiger partial charge in [0.2, 0.25) is 5.95 Å². The number of amides is 1. The molecule has 9 heteroatoms. The second-order valence-electron chi connectivity index (χ2n) is 7.59. The summed E-state index contributed by atoms with van der Waals surface area (Å²) in [7, 11) is 1.63. The van der Waals surface area contributed by atoms with Gasteiger partial charge in [-0.2, -0.15) is 4.98 Å². The molecule has 0 fully saturated rings. The van der Waals surface area contributed by atoms with E-state index in [9.17, 15) is 4.79 Å². The van der Waals surface area contributed by atoms with Crippen LogP contribution in [0.3, 0.4) is 0 Å². The van der Waals surface area contributed by atoms with Crippen molar-refractivity contribution in [2.24, 2.45) is 0 Å². The highest BCUT2D eigenvalue weighted by atomic mass is 35.5. The fourth-order valence-electron chi connectivity index (χ4n) is 3.66. The zero-order valence-corrected chi connectivity index (χ0v) is 19.5. The van der Waals surface area contributed by atoms with E-state index in [4.69, 9.17) is 27.9 Å². The van der Waals surface area contributed by atoms with Gasteiger partial charge in [0.05, 0.1) is 7.11 Å². The van der Waals surface area contributed by atoms with E-state index >= 15 is 0 Å². The Hall–Kier alpha value is -3.81. The third-order valence-corrected chi connectivity index (χ3v) is 5.91. The smallest absolute Gasteiger partial charge is 0.258 e. The van der Waals surface area contributed by atoms with Crippen molar-refractivity contribution >= 4 is 46.7 Å². The largest absolute Gasteiger partial charge is 0.497 e. The fraction of sp³-hybridized carbons (Fsp3) is 0.0800. The van der Waals surface area contributed by atoms with Gasteiger partial charge in [-0.25, -0.2) is 4.68 Å². The van der Waals surface area contributed by atoms with Gasteiger partial charge in [0.15, 0.2) is 0 Å². The number of hydrogen-bond acceptors (Lipinski definition) is 5. The van der Waals surface area contributed by atoms with Crippen LogP contribution >= 0.6 is 23.2 Å². The topological polar surface area (TPSA) is 81.1 Å². The monoisotopic (exact) mass is 491 g/mol. The molecule has 0 aliphatic carbocycles. The molecule has 0 radical (unpaired) electrons. The molecule has 1 aliphatic rings. The van der Waals surface area contributed by atoms with Crippen LogP contribution in [0, 0.1) is 0 Å². The zero-order valence-electron chi connectivity index (χ0n) is 18.0. The van der Waals surface area contributed by atoms with Crippen molar-refractivity contribution in [2.45, 2.75) is 6.04 Å². The number of benzene rings is 3. The molecular formula is C25H19Cl2N5O2. The van der Waals surface area contributed by atoms with Crippen LogP contribution in [0.5, 0.6) is 5.75 Å². The van der Waals surface area contributed by atoms with E-state index in [1.165, 1.54) is 0 Å². The van der Waals surface area contributed by atoms with Crippen molar-refractivity contribution < 1.29 is 9.53 Å². The van der Waals surface area contributed by atoms with Crippen LogP contribution in [0.25, 0.3) is 5.70 Å². The second-order valence-corrected chi connectivity index (χ2v) is 8.47. The maximum Gasteiger partial charge on any atom is 0.258 e. The van der Waals surface area contributed by atoms with Gasteiger partial charge in [-0.05, 0) is 65.7 Å². The van der Waals surface area contributed by atoms with E-state index in [1.807, 2.05) is 48.5 Å². The van der Waals surface area contributed by atoms with Gasteiger partial charge in [-0.1, -0.05) is 47.5 Å². The highest BCUT2D eigenvalue weighted by molar-refractivity contribution is 6.31. The molecule has 5 rings (SSSR count). The van der Waals surface area contributed by atoms with E-state index in [0.717, 1.165) is 22.6 Å². The molecule has 0 spiro atoms. The van der Waals surface area contributed by atoms with Crippen LogP contribution in [-0.2, 0) is 0 Å². The molecule has 1 atom stereocenters. The Morgan fingerprint density at radius 3 is 2.26 bits per heavy atom. The Morgan fingerprint density at radius 1 is 0.971 bits per heavy atom. The third-order valence-electron chi connectivity index (χ3n) is 5.41. The first-order chi connectivity index (χ1) is 16.5. The number of methoxy groups -OCH3 is 1. The summed E-state index contributed by atoms with van der Waals surface area (Å²) in [6, 6.07) is 21.6. The number of ether oxygens (including phenoxy) is 1. The van der Waals surface area contributed by atoms with E-state index in [1.54, 1.807) is 36.1 Å². The number of carbonyl (C=O) groups excluding carboxylic acids is 1. The minimum atomic E-state index is -0.327. The Labute approximate surface area is 206 Å². The number of anilines is 2. The zero-order chi connectivity index (χ0) is 23.7. The normalized spacial score (nSPS) is 14.6. The number of rotatable bonds is 5. The highest BCUT2D eigenvalue weighted by Crippen LogP contribution is 2.34. The van der Waals surface area contributed by atoms with E-state index in [0.29, 0.717) is 21.6 Å². The van der Waals surface area contributed by atoms with Crippen molar-refractivity contribution in [3.63, 3.8) is 0 Å². The number of halogens is 2. The number of aromatic nitrogens is 3. The molecule has 2 heterocycles. The predicted molar refractivity (Wildman–Crippen MR) is 134 cm³/mol.